The van der Waals surface area contributed by atoms with Crippen LogP contribution in [0.3, 0.4) is 0 Å². The third-order valence-electron chi connectivity index (χ3n) is 4.33. The van der Waals surface area contributed by atoms with E-state index in [0.29, 0.717) is 17.9 Å². The molecule has 0 heterocycles. The molecule has 0 spiro atoms. The molecule has 0 bridgehead atoms. The summed E-state index contributed by atoms with van der Waals surface area (Å²) in [5.74, 6) is 1.95. The minimum Gasteiger partial charge on any atom is -0.317 e. The lowest BCUT2D eigenvalue weighted by Gasteiger charge is -2.39. The van der Waals surface area contributed by atoms with Crippen molar-refractivity contribution in [1.29, 1.82) is 0 Å². The van der Waals surface area contributed by atoms with Crippen LogP contribution in [0.15, 0.2) is 0 Å². The minimum atomic E-state index is -2.23. The number of nitrogens with one attached hydrogen (secondary N) is 1. The molecule has 3 atom stereocenters. The summed E-state index contributed by atoms with van der Waals surface area (Å²) >= 11 is 0. The van der Waals surface area contributed by atoms with E-state index in [2.05, 4.69) is 19.2 Å². The smallest absolute Gasteiger partial charge is 0.251 e. The molecule has 0 aromatic rings. The van der Waals surface area contributed by atoms with E-state index < -0.39 is 6.43 Å². The first kappa shape index (κ1) is 15.8. The highest BCUT2D eigenvalue weighted by atomic mass is 19.3. The van der Waals surface area contributed by atoms with E-state index in [-0.39, 0.29) is 6.54 Å². The number of hydrogen-bond donors (Lipinski definition) is 1. The summed E-state index contributed by atoms with van der Waals surface area (Å²) in [4.78, 5) is 1.78. The molecule has 2 nitrogen and oxygen atoms in total. The van der Waals surface area contributed by atoms with E-state index in [0.717, 1.165) is 18.9 Å². The average molecular weight is 262 g/mol. The van der Waals surface area contributed by atoms with Gasteiger partial charge in [-0.25, -0.2) is 8.78 Å². The lowest BCUT2D eigenvalue weighted by atomic mass is 9.73. The molecular formula is C14H28F2N2. The highest BCUT2D eigenvalue weighted by molar-refractivity contribution is 4.86. The van der Waals surface area contributed by atoms with E-state index in [4.69, 9.17) is 0 Å². The summed E-state index contributed by atoms with van der Waals surface area (Å²) in [7, 11) is 3.79. The second-order valence-corrected chi connectivity index (χ2v) is 6.08. The maximum atomic E-state index is 12.4. The molecule has 1 N–H and O–H groups in total. The van der Waals surface area contributed by atoms with Gasteiger partial charge in [0.2, 0.25) is 0 Å². The number of hydrogen-bond acceptors (Lipinski definition) is 2. The van der Waals surface area contributed by atoms with Gasteiger partial charge < -0.3 is 10.2 Å². The van der Waals surface area contributed by atoms with Crippen molar-refractivity contribution >= 4 is 0 Å². The van der Waals surface area contributed by atoms with Crippen LogP contribution in [0.5, 0.6) is 0 Å². The molecule has 0 aromatic carbocycles. The summed E-state index contributed by atoms with van der Waals surface area (Å²) in [6, 6.07) is 0.486. The summed E-state index contributed by atoms with van der Waals surface area (Å²) in [6.45, 7) is 5.20. The molecule has 1 aliphatic carbocycles. The number of alkyl halides is 2. The van der Waals surface area contributed by atoms with Crippen LogP contribution in [-0.4, -0.2) is 44.6 Å². The van der Waals surface area contributed by atoms with Gasteiger partial charge in [-0.1, -0.05) is 13.8 Å². The van der Waals surface area contributed by atoms with Crippen molar-refractivity contribution in [3.8, 4) is 0 Å². The Morgan fingerprint density at radius 2 is 1.94 bits per heavy atom. The van der Waals surface area contributed by atoms with Gasteiger partial charge >= 0.3 is 0 Å². The predicted octanol–water partition coefficient (Wildman–Crippen LogP) is 2.84. The van der Waals surface area contributed by atoms with Gasteiger partial charge in [-0.2, -0.15) is 0 Å². The first-order valence-electron chi connectivity index (χ1n) is 7.08. The second-order valence-electron chi connectivity index (χ2n) is 6.08. The van der Waals surface area contributed by atoms with Gasteiger partial charge in [0.05, 0.1) is 6.54 Å². The lowest BCUT2D eigenvalue weighted by Crippen LogP contribution is -2.45. The summed E-state index contributed by atoms with van der Waals surface area (Å²) in [5, 5.41) is 3.36. The highest BCUT2D eigenvalue weighted by Gasteiger charge is 2.31. The lowest BCUT2D eigenvalue weighted by molar-refractivity contribution is 0.0752. The first-order valence-corrected chi connectivity index (χ1v) is 7.08. The van der Waals surface area contributed by atoms with Crippen LogP contribution in [0.25, 0.3) is 0 Å². The molecule has 3 unspecified atom stereocenters. The van der Waals surface area contributed by atoms with Crippen LogP contribution in [0.2, 0.25) is 0 Å². The molecule has 1 rings (SSSR count). The molecule has 0 amide bonds. The fourth-order valence-electron chi connectivity index (χ4n) is 3.20. The Morgan fingerprint density at radius 3 is 2.44 bits per heavy atom. The molecule has 1 aliphatic rings. The number of halogens is 2. The molecule has 1 saturated carbocycles. The maximum absolute atomic E-state index is 12.4. The molecule has 0 saturated heterocycles. The van der Waals surface area contributed by atoms with Crippen LogP contribution in [-0.2, 0) is 0 Å². The van der Waals surface area contributed by atoms with Crippen LogP contribution < -0.4 is 5.32 Å². The maximum Gasteiger partial charge on any atom is 0.251 e. The molecule has 1 fully saturated rings. The fourth-order valence-corrected chi connectivity index (χ4v) is 3.20. The number of nitrogens with zero attached hydrogens (tertiary/aromatic N) is 1. The van der Waals surface area contributed by atoms with Crippen LogP contribution in [0, 0.1) is 17.8 Å². The molecule has 108 valence electrons. The molecule has 0 aromatic heterocycles. The van der Waals surface area contributed by atoms with E-state index >= 15 is 0 Å². The van der Waals surface area contributed by atoms with Crippen LogP contribution >= 0.6 is 0 Å². The third kappa shape index (κ3) is 4.81. The van der Waals surface area contributed by atoms with E-state index in [1.165, 1.54) is 12.8 Å². The molecule has 18 heavy (non-hydrogen) atoms. The normalized spacial score (nSPS) is 29.5. The number of rotatable bonds is 6. The van der Waals surface area contributed by atoms with E-state index in [1.54, 1.807) is 11.9 Å². The third-order valence-corrected chi connectivity index (χ3v) is 4.33. The van der Waals surface area contributed by atoms with E-state index in [9.17, 15) is 8.78 Å². The largest absolute Gasteiger partial charge is 0.317 e. The van der Waals surface area contributed by atoms with E-state index in [1.807, 2.05) is 7.05 Å². The fraction of sp³-hybridized carbons (Fsp3) is 1.00. The van der Waals surface area contributed by atoms with Crippen molar-refractivity contribution in [1.82, 2.24) is 10.2 Å². The Bertz CT molecular complexity index is 234. The van der Waals surface area contributed by atoms with Crippen molar-refractivity contribution < 1.29 is 8.78 Å². The van der Waals surface area contributed by atoms with Crippen molar-refractivity contribution in [3.05, 3.63) is 0 Å². The zero-order valence-electron chi connectivity index (χ0n) is 12.1. The Kier molecular flexibility index (Phi) is 6.50. The Balaban J connectivity index is 2.52. The van der Waals surface area contributed by atoms with Crippen molar-refractivity contribution in [3.63, 3.8) is 0 Å². The first-order chi connectivity index (χ1) is 8.43. The van der Waals surface area contributed by atoms with Crippen LogP contribution in [0.4, 0.5) is 8.78 Å². The van der Waals surface area contributed by atoms with Crippen LogP contribution in [0.1, 0.15) is 33.1 Å². The zero-order chi connectivity index (χ0) is 13.7. The van der Waals surface area contributed by atoms with Gasteiger partial charge in [-0.15, -0.1) is 0 Å². The Labute approximate surface area is 110 Å². The molecule has 0 aliphatic heterocycles. The van der Waals surface area contributed by atoms with Crippen molar-refractivity contribution in [2.24, 2.45) is 17.8 Å². The summed E-state index contributed by atoms with van der Waals surface area (Å²) in [5.41, 5.74) is 0. The van der Waals surface area contributed by atoms with Crippen molar-refractivity contribution in [2.75, 3.05) is 27.2 Å². The highest BCUT2D eigenvalue weighted by Crippen LogP contribution is 2.34. The quantitative estimate of drug-likeness (QED) is 0.792. The minimum absolute atomic E-state index is 0.112. The van der Waals surface area contributed by atoms with Crippen molar-refractivity contribution in [2.45, 2.75) is 45.6 Å². The van der Waals surface area contributed by atoms with Gasteiger partial charge in [-0.05, 0) is 51.1 Å². The average Bonchev–Trinajstić information content (AvgIpc) is 2.27. The van der Waals surface area contributed by atoms with Gasteiger partial charge in [0.15, 0.2) is 0 Å². The molecule has 4 heteroatoms. The molecule has 0 radical (unpaired) electrons. The SMILES string of the molecule is CNC1CCC(C(C)C)CC1CN(C)CC(F)F. The Morgan fingerprint density at radius 1 is 1.28 bits per heavy atom. The molecular weight excluding hydrogens is 234 g/mol. The predicted molar refractivity (Wildman–Crippen MR) is 72.0 cm³/mol. The second kappa shape index (κ2) is 7.39. The summed E-state index contributed by atoms with van der Waals surface area (Å²) in [6.07, 6.45) is 1.37. The zero-order valence-corrected chi connectivity index (χ0v) is 12.1. The van der Waals surface area contributed by atoms with Gasteiger partial charge in [0, 0.05) is 12.6 Å². The Hall–Kier alpha value is -0.220. The van der Waals surface area contributed by atoms with Gasteiger partial charge in [0.1, 0.15) is 0 Å². The van der Waals surface area contributed by atoms with Gasteiger partial charge in [0.25, 0.3) is 6.43 Å². The standard InChI is InChI=1S/C14H28F2N2/c1-10(2)11-5-6-13(17-3)12(7-11)8-18(4)9-14(15)16/h10-14,17H,5-9H2,1-4H3. The topological polar surface area (TPSA) is 15.3 Å². The summed E-state index contributed by atoms with van der Waals surface area (Å²) < 4.78 is 24.7. The van der Waals surface area contributed by atoms with Gasteiger partial charge in [-0.3, -0.25) is 0 Å². The monoisotopic (exact) mass is 262 g/mol.